The number of hydrogen-bond acceptors (Lipinski definition) is 2. The molecular weight excluding hydrogens is 236 g/mol. The van der Waals surface area contributed by atoms with Crippen molar-refractivity contribution < 1.29 is 4.79 Å². The van der Waals surface area contributed by atoms with E-state index in [-0.39, 0.29) is 5.91 Å². The lowest BCUT2D eigenvalue weighted by Gasteiger charge is -2.13. The Hall–Kier alpha value is -1.64. The minimum absolute atomic E-state index is 0.151. The van der Waals surface area contributed by atoms with Crippen molar-refractivity contribution in [2.45, 2.75) is 41.5 Å². The Morgan fingerprint density at radius 3 is 2.11 bits per heavy atom. The average molecular weight is 260 g/mol. The number of benzene rings is 1. The lowest BCUT2D eigenvalue weighted by Crippen LogP contribution is -2.24. The number of nitrogens with one attached hydrogen (secondary N) is 1. The molecule has 0 aliphatic heterocycles. The molecule has 1 amide bonds. The van der Waals surface area contributed by atoms with E-state index < -0.39 is 0 Å². The third kappa shape index (κ3) is 4.19. The first-order chi connectivity index (χ1) is 8.82. The molecule has 0 bridgehead atoms. The van der Waals surface area contributed by atoms with E-state index in [0.717, 1.165) is 11.3 Å². The van der Waals surface area contributed by atoms with E-state index in [0.29, 0.717) is 17.4 Å². The molecular formula is C16H24N2O. The molecule has 0 aliphatic rings. The van der Waals surface area contributed by atoms with E-state index >= 15 is 0 Å². The highest BCUT2D eigenvalue weighted by atomic mass is 16.2. The summed E-state index contributed by atoms with van der Waals surface area (Å²) < 4.78 is 0. The molecule has 0 atom stereocenters. The van der Waals surface area contributed by atoms with Crippen LogP contribution in [0.25, 0.3) is 0 Å². The van der Waals surface area contributed by atoms with Crippen LogP contribution in [0.15, 0.2) is 23.3 Å². The van der Waals surface area contributed by atoms with Gasteiger partial charge in [0.25, 0.3) is 5.91 Å². The number of carbonyl (C=O) groups excluding carboxylic acids is 1. The van der Waals surface area contributed by atoms with Crippen LogP contribution in [0.4, 0.5) is 0 Å². The van der Waals surface area contributed by atoms with Crippen LogP contribution in [0.5, 0.6) is 0 Å². The van der Waals surface area contributed by atoms with Gasteiger partial charge in [-0.2, -0.15) is 5.10 Å². The number of aryl methyl sites for hydroxylation is 2. The predicted molar refractivity (Wildman–Crippen MR) is 80.5 cm³/mol. The SMILES string of the molecule is Cc1ccc(C(=O)NN=C(C(C)C)C(C)C)cc1C. The van der Waals surface area contributed by atoms with Crippen LogP contribution in [-0.2, 0) is 0 Å². The Labute approximate surface area is 116 Å². The molecule has 0 unspecified atom stereocenters. The molecule has 104 valence electrons. The molecule has 19 heavy (non-hydrogen) atoms. The monoisotopic (exact) mass is 260 g/mol. The number of rotatable bonds is 4. The zero-order chi connectivity index (χ0) is 14.6. The Balaban J connectivity index is 2.84. The zero-order valence-electron chi connectivity index (χ0n) is 12.7. The van der Waals surface area contributed by atoms with Gasteiger partial charge in [-0.05, 0) is 48.9 Å². The molecule has 1 rings (SSSR count). The van der Waals surface area contributed by atoms with Gasteiger partial charge in [-0.25, -0.2) is 5.43 Å². The molecule has 1 aromatic carbocycles. The molecule has 0 saturated carbocycles. The summed E-state index contributed by atoms with van der Waals surface area (Å²) in [5.74, 6) is 0.516. The molecule has 0 aromatic heterocycles. The third-order valence-corrected chi connectivity index (χ3v) is 3.24. The molecule has 0 spiro atoms. The van der Waals surface area contributed by atoms with Crippen LogP contribution in [0.3, 0.4) is 0 Å². The van der Waals surface area contributed by atoms with Crippen LogP contribution in [0.2, 0.25) is 0 Å². The molecule has 3 nitrogen and oxygen atoms in total. The van der Waals surface area contributed by atoms with Gasteiger partial charge in [-0.15, -0.1) is 0 Å². The van der Waals surface area contributed by atoms with Crippen molar-refractivity contribution in [2.24, 2.45) is 16.9 Å². The fourth-order valence-corrected chi connectivity index (χ4v) is 1.99. The molecule has 0 aliphatic carbocycles. The summed E-state index contributed by atoms with van der Waals surface area (Å²) >= 11 is 0. The van der Waals surface area contributed by atoms with E-state index in [1.807, 2.05) is 32.0 Å². The zero-order valence-corrected chi connectivity index (χ0v) is 12.7. The van der Waals surface area contributed by atoms with Gasteiger partial charge in [-0.1, -0.05) is 33.8 Å². The topological polar surface area (TPSA) is 41.5 Å². The fourth-order valence-electron chi connectivity index (χ4n) is 1.99. The normalized spacial score (nSPS) is 10.7. The maximum absolute atomic E-state index is 12.0. The van der Waals surface area contributed by atoms with Gasteiger partial charge in [-0.3, -0.25) is 4.79 Å². The summed E-state index contributed by atoms with van der Waals surface area (Å²) in [4.78, 5) is 12.0. The molecule has 1 aromatic rings. The first-order valence-electron chi connectivity index (χ1n) is 6.78. The van der Waals surface area contributed by atoms with Crippen molar-refractivity contribution in [2.75, 3.05) is 0 Å². The molecule has 0 radical (unpaired) electrons. The van der Waals surface area contributed by atoms with Crippen LogP contribution in [0, 0.1) is 25.7 Å². The number of carbonyl (C=O) groups is 1. The second kappa shape index (κ2) is 6.50. The summed E-state index contributed by atoms with van der Waals surface area (Å²) in [7, 11) is 0. The summed E-state index contributed by atoms with van der Waals surface area (Å²) in [6.45, 7) is 12.4. The van der Waals surface area contributed by atoms with Gasteiger partial charge in [0, 0.05) is 11.3 Å². The lowest BCUT2D eigenvalue weighted by atomic mass is 9.98. The van der Waals surface area contributed by atoms with Crippen LogP contribution < -0.4 is 5.43 Å². The quantitative estimate of drug-likeness (QED) is 0.651. The number of hydrogen-bond donors (Lipinski definition) is 1. The molecule has 0 saturated heterocycles. The number of amides is 1. The van der Waals surface area contributed by atoms with E-state index in [1.165, 1.54) is 5.56 Å². The van der Waals surface area contributed by atoms with E-state index in [1.54, 1.807) is 0 Å². The maximum atomic E-state index is 12.0. The highest BCUT2D eigenvalue weighted by Gasteiger charge is 2.11. The largest absolute Gasteiger partial charge is 0.271 e. The predicted octanol–water partition coefficient (Wildman–Crippen LogP) is 3.70. The van der Waals surface area contributed by atoms with Crippen LogP contribution in [-0.4, -0.2) is 11.6 Å². The van der Waals surface area contributed by atoms with Crippen molar-refractivity contribution in [1.82, 2.24) is 5.43 Å². The third-order valence-electron chi connectivity index (χ3n) is 3.24. The Bertz CT molecular complexity index is 478. The highest BCUT2D eigenvalue weighted by molar-refractivity contribution is 5.96. The number of nitrogens with zero attached hydrogens (tertiary/aromatic N) is 1. The summed E-state index contributed by atoms with van der Waals surface area (Å²) in [5, 5.41) is 4.27. The summed E-state index contributed by atoms with van der Waals surface area (Å²) in [5.41, 5.74) is 6.62. The van der Waals surface area contributed by atoms with E-state index in [4.69, 9.17) is 0 Å². The van der Waals surface area contributed by atoms with Crippen molar-refractivity contribution in [1.29, 1.82) is 0 Å². The van der Waals surface area contributed by atoms with Gasteiger partial charge in [0.1, 0.15) is 0 Å². The van der Waals surface area contributed by atoms with Crippen molar-refractivity contribution in [3.8, 4) is 0 Å². The van der Waals surface area contributed by atoms with Crippen LogP contribution in [0.1, 0.15) is 49.2 Å². The van der Waals surface area contributed by atoms with Gasteiger partial charge in [0.2, 0.25) is 0 Å². The second-order valence-electron chi connectivity index (χ2n) is 5.59. The molecule has 3 heteroatoms. The Morgan fingerprint density at radius 2 is 1.63 bits per heavy atom. The standard InChI is InChI=1S/C16H24N2O/c1-10(2)15(11(3)4)17-18-16(19)14-8-7-12(5)13(6)9-14/h7-11H,1-6H3,(H,18,19). The minimum atomic E-state index is -0.151. The second-order valence-corrected chi connectivity index (χ2v) is 5.59. The van der Waals surface area contributed by atoms with Crippen molar-refractivity contribution in [3.63, 3.8) is 0 Å². The first-order valence-corrected chi connectivity index (χ1v) is 6.78. The van der Waals surface area contributed by atoms with Gasteiger partial charge in [0.05, 0.1) is 0 Å². The van der Waals surface area contributed by atoms with Gasteiger partial charge >= 0.3 is 0 Å². The molecule has 1 N–H and O–H groups in total. The van der Waals surface area contributed by atoms with E-state index in [2.05, 4.69) is 38.2 Å². The van der Waals surface area contributed by atoms with Crippen molar-refractivity contribution in [3.05, 3.63) is 34.9 Å². The Morgan fingerprint density at radius 1 is 1.05 bits per heavy atom. The summed E-state index contributed by atoms with van der Waals surface area (Å²) in [6.07, 6.45) is 0. The van der Waals surface area contributed by atoms with Crippen molar-refractivity contribution >= 4 is 11.6 Å². The highest BCUT2D eigenvalue weighted by Crippen LogP contribution is 2.10. The lowest BCUT2D eigenvalue weighted by molar-refractivity contribution is 0.0954. The fraction of sp³-hybridized carbons (Fsp3) is 0.500. The molecule has 0 heterocycles. The molecule has 0 fully saturated rings. The average Bonchev–Trinajstić information content (AvgIpc) is 2.31. The number of hydrazone groups is 1. The summed E-state index contributed by atoms with van der Waals surface area (Å²) in [6, 6.07) is 5.68. The maximum Gasteiger partial charge on any atom is 0.271 e. The first kappa shape index (κ1) is 15.4. The van der Waals surface area contributed by atoms with E-state index in [9.17, 15) is 4.79 Å². The van der Waals surface area contributed by atoms with Gasteiger partial charge in [0.15, 0.2) is 0 Å². The van der Waals surface area contributed by atoms with Crippen LogP contribution >= 0.6 is 0 Å². The smallest absolute Gasteiger partial charge is 0.267 e. The minimum Gasteiger partial charge on any atom is -0.267 e. The van der Waals surface area contributed by atoms with Gasteiger partial charge < -0.3 is 0 Å². The Kier molecular flexibility index (Phi) is 5.28.